The molecule has 1 aliphatic heterocycles. The van der Waals surface area contributed by atoms with Gasteiger partial charge in [-0.3, -0.25) is 9.78 Å². The van der Waals surface area contributed by atoms with E-state index < -0.39 is 0 Å². The first kappa shape index (κ1) is 19.0. The molecular weight excluding hydrogens is 364 g/mol. The van der Waals surface area contributed by atoms with E-state index in [4.69, 9.17) is 11.5 Å². The van der Waals surface area contributed by atoms with Crippen molar-refractivity contribution in [2.45, 2.75) is 25.3 Å². The highest BCUT2D eigenvalue weighted by atomic mass is 16.1. The van der Waals surface area contributed by atoms with Gasteiger partial charge in [0, 0.05) is 37.9 Å². The number of anilines is 2. The van der Waals surface area contributed by atoms with Gasteiger partial charge >= 0.3 is 0 Å². The summed E-state index contributed by atoms with van der Waals surface area (Å²) in [4.78, 5) is 28.1. The Morgan fingerprint density at radius 3 is 2.62 bits per heavy atom. The van der Waals surface area contributed by atoms with Crippen LogP contribution in [0.25, 0.3) is 11.1 Å². The summed E-state index contributed by atoms with van der Waals surface area (Å²) in [6.07, 6.45) is 7.02. The largest absolute Gasteiger partial charge is 0.382 e. The molecule has 148 valence electrons. The average Bonchev–Trinajstić information content (AvgIpc) is 2.76. The molecule has 0 atom stereocenters. The van der Waals surface area contributed by atoms with E-state index in [9.17, 15) is 4.79 Å². The molecule has 0 amide bonds. The van der Waals surface area contributed by atoms with Crippen LogP contribution >= 0.6 is 0 Å². The highest BCUT2D eigenvalue weighted by molar-refractivity contribution is 6.00. The molecule has 4 rings (SSSR count). The van der Waals surface area contributed by atoms with Crippen LogP contribution in [0.1, 0.15) is 28.9 Å². The molecular formula is C22H24N6O. The van der Waals surface area contributed by atoms with Crippen molar-refractivity contribution >= 4 is 17.4 Å². The van der Waals surface area contributed by atoms with E-state index in [0.717, 1.165) is 42.6 Å². The van der Waals surface area contributed by atoms with E-state index in [-0.39, 0.29) is 29.8 Å². The van der Waals surface area contributed by atoms with Gasteiger partial charge in [0.05, 0.1) is 6.20 Å². The second kappa shape index (κ2) is 8.36. The van der Waals surface area contributed by atoms with Gasteiger partial charge in [-0.2, -0.15) is 0 Å². The number of hydrogen-bond donors (Lipinski definition) is 2. The zero-order valence-electron chi connectivity index (χ0n) is 16.2. The predicted molar refractivity (Wildman–Crippen MR) is 114 cm³/mol. The van der Waals surface area contributed by atoms with Crippen molar-refractivity contribution in [1.29, 1.82) is 0 Å². The number of ketones is 1. The quantitative estimate of drug-likeness (QED) is 0.646. The number of aromatic nitrogens is 3. The lowest BCUT2D eigenvalue weighted by Crippen LogP contribution is -2.40. The molecule has 1 aliphatic rings. The summed E-state index contributed by atoms with van der Waals surface area (Å²) < 4.78 is 0. The van der Waals surface area contributed by atoms with Crippen molar-refractivity contribution in [3.05, 3.63) is 66.2 Å². The molecule has 4 N–H and O–H groups in total. The zero-order chi connectivity index (χ0) is 20.2. The number of carbonyl (C=O) groups is 1. The fourth-order valence-electron chi connectivity index (χ4n) is 3.60. The summed E-state index contributed by atoms with van der Waals surface area (Å²) in [5, 5.41) is 0. The maximum Gasteiger partial charge on any atom is 0.189 e. The Balaban J connectivity index is 1.59. The van der Waals surface area contributed by atoms with Crippen LogP contribution in [0.2, 0.25) is 0 Å². The first-order valence-corrected chi connectivity index (χ1v) is 9.76. The van der Waals surface area contributed by atoms with Crippen LogP contribution in [0.15, 0.2) is 55.0 Å². The fraction of sp³-hybridized carbons (Fsp3) is 0.273. The molecule has 0 spiro atoms. The van der Waals surface area contributed by atoms with Crippen LogP contribution < -0.4 is 16.4 Å². The van der Waals surface area contributed by atoms with Crippen LogP contribution in [-0.4, -0.2) is 39.9 Å². The first-order valence-electron chi connectivity index (χ1n) is 9.76. The van der Waals surface area contributed by atoms with Crippen LogP contribution in [0.4, 0.5) is 11.6 Å². The van der Waals surface area contributed by atoms with Gasteiger partial charge in [-0.1, -0.05) is 30.3 Å². The monoisotopic (exact) mass is 388 g/mol. The van der Waals surface area contributed by atoms with E-state index >= 15 is 0 Å². The summed E-state index contributed by atoms with van der Waals surface area (Å²) in [6, 6.07) is 12.1. The Hall–Kier alpha value is -3.32. The van der Waals surface area contributed by atoms with Crippen molar-refractivity contribution in [3.63, 3.8) is 0 Å². The lowest BCUT2D eigenvalue weighted by molar-refractivity contribution is 0.0989. The minimum absolute atomic E-state index is 0.151. The van der Waals surface area contributed by atoms with Crippen LogP contribution in [0, 0.1) is 0 Å². The number of Topliss-reactive ketones (excluding diaryl/α,β-unsaturated/α-hetero) is 1. The number of nitrogens with zero attached hydrogens (tertiary/aromatic N) is 4. The third-order valence-corrected chi connectivity index (χ3v) is 5.26. The summed E-state index contributed by atoms with van der Waals surface area (Å²) in [6.45, 7) is 1.60. The molecule has 1 saturated heterocycles. The van der Waals surface area contributed by atoms with Gasteiger partial charge in [-0.15, -0.1) is 0 Å². The van der Waals surface area contributed by atoms with Gasteiger partial charge in [-0.25, -0.2) is 9.97 Å². The number of rotatable bonds is 5. The van der Waals surface area contributed by atoms with E-state index in [1.807, 2.05) is 36.4 Å². The molecule has 0 saturated carbocycles. The lowest BCUT2D eigenvalue weighted by atomic mass is 9.97. The predicted octanol–water partition coefficient (Wildman–Crippen LogP) is 2.47. The van der Waals surface area contributed by atoms with Gasteiger partial charge in [0.2, 0.25) is 0 Å². The van der Waals surface area contributed by atoms with E-state index in [1.165, 1.54) is 0 Å². The summed E-state index contributed by atoms with van der Waals surface area (Å²) in [7, 11) is 0. The summed E-state index contributed by atoms with van der Waals surface area (Å²) >= 11 is 0. The third-order valence-electron chi connectivity index (χ3n) is 5.26. The Kier molecular flexibility index (Phi) is 5.48. The number of carbonyl (C=O) groups excluding carboxylic acids is 1. The minimum atomic E-state index is -0.171. The lowest BCUT2D eigenvalue weighted by Gasteiger charge is -2.31. The number of nitrogens with two attached hydrogens (primary N) is 2. The van der Waals surface area contributed by atoms with Gasteiger partial charge in [0.25, 0.3) is 0 Å². The van der Waals surface area contributed by atoms with Crippen molar-refractivity contribution in [3.8, 4) is 11.1 Å². The Bertz CT molecular complexity index is 999. The van der Waals surface area contributed by atoms with E-state index in [2.05, 4.69) is 19.9 Å². The van der Waals surface area contributed by atoms with Gasteiger partial charge in [0.15, 0.2) is 17.3 Å². The molecule has 0 radical (unpaired) electrons. The van der Waals surface area contributed by atoms with Crippen molar-refractivity contribution in [2.75, 3.05) is 23.7 Å². The number of nitrogen functional groups attached to an aromatic ring is 1. The zero-order valence-corrected chi connectivity index (χ0v) is 16.2. The number of hydrogen-bond acceptors (Lipinski definition) is 7. The highest BCUT2D eigenvalue weighted by Crippen LogP contribution is 2.25. The third kappa shape index (κ3) is 4.25. The normalized spacial score (nSPS) is 14.7. The number of piperidine rings is 1. The molecule has 3 heterocycles. The second-order valence-corrected chi connectivity index (χ2v) is 7.29. The SMILES string of the molecule is Nc1ncc(N2CCC(N)CC2)nc1C(=O)Cc1cnccc1-c1ccccc1. The Morgan fingerprint density at radius 2 is 1.86 bits per heavy atom. The van der Waals surface area contributed by atoms with Crippen LogP contribution in [0.5, 0.6) is 0 Å². The summed E-state index contributed by atoms with van der Waals surface area (Å²) in [5.41, 5.74) is 15.0. The topological polar surface area (TPSA) is 111 Å². The number of benzene rings is 1. The van der Waals surface area contributed by atoms with Crippen molar-refractivity contribution in [1.82, 2.24) is 15.0 Å². The van der Waals surface area contributed by atoms with Gasteiger partial charge in [0.1, 0.15) is 5.82 Å². The molecule has 3 aromatic rings. The fourth-order valence-corrected chi connectivity index (χ4v) is 3.60. The molecule has 29 heavy (non-hydrogen) atoms. The van der Waals surface area contributed by atoms with E-state index in [1.54, 1.807) is 18.6 Å². The van der Waals surface area contributed by atoms with Gasteiger partial charge in [-0.05, 0) is 35.6 Å². The van der Waals surface area contributed by atoms with Crippen molar-refractivity contribution in [2.24, 2.45) is 5.73 Å². The maximum atomic E-state index is 13.1. The molecule has 0 bridgehead atoms. The molecule has 7 heteroatoms. The molecule has 0 aliphatic carbocycles. The molecule has 0 unspecified atom stereocenters. The molecule has 1 aromatic carbocycles. The molecule has 2 aromatic heterocycles. The first-order chi connectivity index (χ1) is 14.1. The van der Waals surface area contributed by atoms with E-state index in [0.29, 0.717) is 5.82 Å². The average molecular weight is 388 g/mol. The Labute approximate surface area is 169 Å². The standard InChI is InChI=1S/C22H24N6O/c23-17-7-10-28(11-8-17)20-14-26-22(24)21(27-20)19(29)12-16-13-25-9-6-18(16)15-4-2-1-3-5-15/h1-6,9,13-14,17H,7-8,10-12,23H2,(H2,24,26). The molecule has 7 nitrogen and oxygen atoms in total. The smallest absolute Gasteiger partial charge is 0.189 e. The molecule has 1 fully saturated rings. The Morgan fingerprint density at radius 1 is 1.10 bits per heavy atom. The number of pyridine rings is 1. The van der Waals surface area contributed by atoms with Gasteiger partial charge < -0.3 is 16.4 Å². The minimum Gasteiger partial charge on any atom is -0.382 e. The van der Waals surface area contributed by atoms with Crippen LogP contribution in [0.3, 0.4) is 0 Å². The van der Waals surface area contributed by atoms with Crippen molar-refractivity contribution < 1.29 is 4.79 Å². The van der Waals surface area contributed by atoms with Crippen LogP contribution in [-0.2, 0) is 6.42 Å². The highest BCUT2D eigenvalue weighted by Gasteiger charge is 2.21. The maximum absolute atomic E-state index is 13.1. The summed E-state index contributed by atoms with van der Waals surface area (Å²) in [5.74, 6) is 0.650. The second-order valence-electron chi connectivity index (χ2n) is 7.29.